The molecule has 1 atom stereocenters. The third-order valence-electron chi connectivity index (χ3n) is 4.19. The highest BCUT2D eigenvalue weighted by Gasteiger charge is 2.20. The minimum Gasteiger partial charge on any atom is -0.472 e. The van der Waals surface area contributed by atoms with Crippen molar-refractivity contribution in [1.82, 2.24) is 20.4 Å². The molecule has 126 valence electrons. The number of piperidine rings is 1. The second kappa shape index (κ2) is 7.72. The highest BCUT2D eigenvalue weighted by atomic mass is 16.5. The first-order valence-electron chi connectivity index (χ1n) is 8.17. The van der Waals surface area contributed by atoms with E-state index in [1.165, 1.54) is 0 Å². The number of aliphatic hydroxyl groups excluding tert-OH is 1. The van der Waals surface area contributed by atoms with Crippen LogP contribution in [-0.2, 0) is 6.54 Å². The Morgan fingerprint density at radius 3 is 2.96 bits per heavy atom. The molecule has 0 saturated carbocycles. The average Bonchev–Trinajstić information content (AvgIpc) is 3.19. The molecule has 7 heteroatoms. The molecule has 1 fully saturated rings. The van der Waals surface area contributed by atoms with Crippen LogP contribution >= 0.6 is 0 Å². The minimum absolute atomic E-state index is 0.244. The van der Waals surface area contributed by atoms with Crippen molar-refractivity contribution in [2.24, 2.45) is 5.92 Å². The fourth-order valence-corrected chi connectivity index (χ4v) is 2.97. The molecule has 0 amide bonds. The number of rotatable bonds is 7. The SMILES string of the molecule is C[C@H](O)CN1CCC(CNCc2nc(-c3ccoc3)no2)CC1. The highest BCUT2D eigenvalue weighted by molar-refractivity contribution is 5.51. The fourth-order valence-electron chi connectivity index (χ4n) is 2.97. The molecular weight excluding hydrogens is 296 g/mol. The van der Waals surface area contributed by atoms with Crippen LogP contribution < -0.4 is 5.32 Å². The maximum atomic E-state index is 9.43. The molecule has 7 nitrogen and oxygen atoms in total. The number of nitrogens with zero attached hydrogens (tertiary/aromatic N) is 3. The smallest absolute Gasteiger partial charge is 0.240 e. The maximum absolute atomic E-state index is 9.43. The van der Waals surface area contributed by atoms with E-state index in [1.54, 1.807) is 12.5 Å². The molecule has 0 aromatic carbocycles. The van der Waals surface area contributed by atoms with Crippen LogP contribution in [0.25, 0.3) is 11.4 Å². The summed E-state index contributed by atoms with van der Waals surface area (Å²) in [5.41, 5.74) is 0.825. The summed E-state index contributed by atoms with van der Waals surface area (Å²) >= 11 is 0. The van der Waals surface area contributed by atoms with E-state index in [-0.39, 0.29) is 6.10 Å². The van der Waals surface area contributed by atoms with E-state index in [9.17, 15) is 5.11 Å². The van der Waals surface area contributed by atoms with E-state index in [1.807, 2.05) is 13.0 Å². The lowest BCUT2D eigenvalue weighted by Crippen LogP contribution is -2.40. The molecule has 3 rings (SSSR count). The van der Waals surface area contributed by atoms with Gasteiger partial charge in [-0.2, -0.15) is 4.98 Å². The predicted octanol–water partition coefficient (Wildman–Crippen LogP) is 1.51. The number of aromatic nitrogens is 2. The first-order valence-corrected chi connectivity index (χ1v) is 8.17. The first kappa shape index (κ1) is 16.2. The summed E-state index contributed by atoms with van der Waals surface area (Å²) in [4.78, 5) is 6.67. The number of β-amino-alcohol motifs (C(OH)–C–C–N with tert-alkyl or cyclic N) is 1. The van der Waals surface area contributed by atoms with Gasteiger partial charge in [0.05, 0.1) is 24.5 Å². The zero-order chi connectivity index (χ0) is 16.1. The number of likely N-dealkylation sites (tertiary alicyclic amines) is 1. The van der Waals surface area contributed by atoms with Crippen molar-refractivity contribution < 1.29 is 14.0 Å². The molecule has 0 aliphatic carbocycles. The Bertz CT molecular complexity index is 574. The van der Waals surface area contributed by atoms with Gasteiger partial charge in [0.15, 0.2) is 0 Å². The summed E-state index contributed by atoms with van der Waals surface area (Å²) in [6.45, 7) is 6.27. The van der Waals surface area contributed by atoms with Gasteiger partial charge >= 0.3 is 0 Å². The van der Waals surface area contributed by atoms with Crippen LogP contribution in [0, 0.1) is 5.92 Å². The zero-order valence-electron chi connectivity index (χ0n) is 13.4. The van der Waals surface area contributed by atoms with E-state index in [4.69, 9.17) is 8.94 Å². The monoisotopic (exact) mass is 320 g/mol. The molecule has 0 unspecified atom stereocenters. The van der Waals surface area contributed by atoms with Crippen molar-refractivity contribution in [1.29, 1.82) is 0 Å². The summed E-state index contributed by atoms with van der Waals surface area (Å²) in [7, 11) is 0. The molecular formula is C16H24N4O3. The number of nitrogens with one attached hydrogen (secondary N) is 1. The zero-order valence-corrected chi connectivity index (χ0v) is 13.4. The van der Waals surface area contributed by atoms with Crippen LogP contribution in [-0.4, -0.2) is 52.4 Å². The Balaban J connectivity index is 1.37. The van der Waals surface area contributed by atoms with Gasteiger partial charge in [-0.15, -0.1) is 0 Å². The minimum atomic E-state index is -0.244. The second-order valence-corrected chi connectivity index (χ2v) is 6.25. The molecule has 3 heterocycles. The van der Waals surface area contributed by atoms with Gasteiger partial charge in [0.2, 0.25) is 11.7 Å². The Kier molecular flexibility index (Phi) is 5.43. The van der Waals surface area contributed by atoms with Gasteiger partial charge in [0.1, 0.15) is 6.26 Å². The normalized spacial score (nSPS) is 18.3. The lowest BCUT2D eigenvalue weighted by Gasteiger charge is -2.32. The third kappa shape index (κ3) is 4.63. The number of hydrogen-bond donors (Lipinski definition) is 2. The molecule has 23 heavy (non-hydrogen) atoms. The number of furan rings is 1. The molecule has 1 aliphatic rings. The van der Waals surface area contributed by atoms with Gasteiger partial charge in [-0.1, -0.05) is 5.16 Å². The van der Waals surface area contributed by atoms with E-state index < -0.39 is 0 Å². The van der Waals surface area contributed by atoms with Gasteiger partial charge in [-0.05, 0) is 51.4 Å². The third-order valence-corrected chi connectivity index (χ3v) is 4.19. The summed E-state index contributed by atoms with van der Waals surface area (Å²) < 4.78 is 10.3. The van der Waals surface area contributed by atoms with Crippen LogP contribution in [0.2, 0.25) is 0 Å². The topological polar surface area (TPSA) is 87.6 Å². The van der Waals surface area contributed by atoms with Crippen molar-refractivity contribution in [2.45, 2.75) is 32.4 Å². The summed E-state index contributed by atoms with van der Waals surface area (Å²) in [5, 5.41) is 16.8. The predicted molar refractivity (Wildman–Crippen MR) is 84.6 cm³/mol. The van der Waals surface area contributed by atoms with Crippen molar-refractivity contribution in [3.05, 3.63) is 24.5 Å². The van der Waals surface area contributed by atoms with E-state index in [0.717, 1.165) is 44.6 Å². The molecule has 2 aromatic rings. The molecule has 1 aliphatic heterocycles. The summed E-state index contributed by atoms with van der Waals surface area (Å²) in [5.74, 6) is 1.81. The molecule has 0 spiro atoms. The molecule has 2 N–H and O–H groups in total. The van der Waals surface area contributed by atoms with E-state index in [0.29, 0.717) is 24.2 Å². The Morgan fingerprint density at radius 2 is 2.26 bits per heavy atom. The molecule has 0 bridgehead atoms. The second-order valence-electron chi connectivity index (χ2n) is 6.25. The lowest BCUT2D eigenvalue weighted by atomic mass is 9.96. The van der Waals surface area contributed by atoms with Gasteiger partial charge in [0, 0.05) is 6.54 Å². The van der Waals surface area contributed by atoms with Crippen LogP contribution in [0.5, 0.6) is 0 Å². The molecule has 1 saturated heterocycles. The van der Waals surface area contributed by atoms with Gasteiger partial charge in [0.25, 0.3) is 0 Å². The molecule has 0 radical (unpaired) electrons. The average molecular weight is 320 g/mol. The highest BCUT2D eigenvalue weighted by Crippen LogP contribution is 2.17. The lowest BCUT2D eigenvalue weighted by molar-refractivity contribution is 0.0996. The van der Waals surface area contributed by atoms with Gasteiger partial charge < -0.3 is 24.3 Å². The van der Waals surface area contributed by atoms with Crippen LogP contribution in [0.1, 0.15) is 25.7 Å². The van der Waals surface area contributed by atoms with E-state index >= 15 is 0 Å². The van der Waals surface area contributed by atoms with Crippen LogP contribution in [0.15, 0.2) is 27.5 Å². The van der Waals surface area contributed by atoms with Crippen molar-refractivity contribution in [3.8, 4) is 11.4 Å². The van der Waals surface area contributed by atoms with E-state index in [2.05, 4.69) is 20.4 Å². The van der Waals surface area contributed by atoms with Crippen molar-refractivity contribution in [2.75, 3.05) is 26.2 Å². The summed E-state index contributed by atoms with van der Waals surface area (Å²) in [6.07, 6.45) is 5.26. The van der Waals surface area contributed by atoms with Crippen molar-refractivity contribution >= 4 is 0 Å². The summed E-state index contributed by atoms with van der Waals surface area (Å²) in [6, 6.07) is 1.81. The van der Waals surface area contributed by atoms with Crippen LogP contribution in [0.4, 0.5) is 0 Å². The largest absolute Gasteiger partial charge is 0.472 e. The number of aliphatic hydroxyl groups is 1. The Hall–Kier alpha value is -1.70. The first-order chi connectivity index (χ1) is 11.2. The molecule has 2 aromatic heterocycles. The standard InChI is InChI=1S/C16H24N4O3/c1-12(21)10-20-5-2-13(3-6-20)8-17-9-15-18-16(19-23-15)14-4-7-22-11-14/h4,7,11-13,17,21H,2-3,5-6,8-10H2,1H3/t12-/m0/s1. The Morgan fingerprint density at radius 1 is 1.43 bits per heavy atom. The number of hydrogen-bond acceptors (Lipinski definition) is 7. The van der Waals surface area contributed by atoms with Gasteiger partial charge in [-0.3, -0.25) is 0 Å². The van der Waals surface area contributed by atoms with Crippen LogP contribution in [0.3, 0.4) is 0 Å². The maximum Gasteiger partial charge on any atom is 0.240 e. The van der Waals surface area contributed by atoms with Crippen molar-refractivity contribution in [3.63, 3.8) is 0 Å². The quantitative estimate of drug-likeness (QED) is 0.799. The fraction of sp³-hybridized carbons (Fsp3) is 0.625. The van der Waals surface area contributed by atoms with Gasteiger partial charge in [-0.25, -0.2) is 0 Å². The Labute approximate surface area is 135 Å².